The van der Waals surface area contributed by atoms with Crippen LogP contribution in [0, 0.1) is 0 Å². The standard InChI is InChI=1S/C16H26N2O2S/c1-5-18(6-2)11-7-10-17-16(21)13-8-9-14(19-3)15(12-13)20-4/h8-9,12H,5-7,10-11H2,1-4H3,(H,17,21). The van der Waals surface area contributed by atoms with Crippen LogP contribution >= 0.6 is 12.2 Å². The van der Waals surface area contributed by atoms with Crippen molar-refractivity contribution in [3.8, 4) is 11.5 Å². The molecule has 0 spiro atoms. The summed E-state index contributed by atoms with van der Waals surface area (Å²) in [7, 11) is 3.25. The molecule has 0 aliphatic rings. The molecule has 4 nitrogen and oxygen atoms in total. The average Bonchev–Trinajstić information content (AvgIpc) is 2.54. The summed E-state index contributed by atoms with van der Waals surface area (Å²) in [6.45, 7) is 8.53. The van der Waals surface area contributed by atoms with E-state index in [9.17, 15) is 0 Å². The third kappa shape index (κ3) is 5.52. The summed E-state index contributed by atoms with van der Waals surface area (Å²) in [4.78, 5) is 3.15. The Bertz CT molecular complexity index is 448. The molecule has 0 amide bonds. The van der Waals surface area contributed by atoms with E-state index in [1.807, 2.05) is 18.2 Å². The van der Waals surface area contributed by atoms with Gasteiger partial charge in [-0.25, -0.2) is 0 Å². The molecule has 0 saturated carbocycles. The van der Waals surface area contributed by atoms with Gasteiger partial charge in [-0.1, -0.05) is 26.1 Å². The zero-order valence-corrected chi connectivity index (χ0v) is 14.3. The highest BCUT2D eigenvalue weighted by atomic mass is 32.1. The quantitative estimate of drug-likeness (QED) is 0.560. The molecule has 1 rings (SSSR count). The van der Waals surface area contributed by atoms with Gasteiger partial charge in [0.25, 0.3) is 0 Å². The highest BCUT2D eigenvalue weighted by molar-refractivity contribution is 7.80. The number of ether oxygens (including phenoxy) is 2. The van der Waals surface area contributed by atoms with Crippen LogP contribution in [0.3, 0.4) is 0 Å². The zero-order valence-electron chi connectivity index (χ0n) is 13.4. The molecule has 0 atom stereocenters. The minimum atomic E-state index is 0.697. The largest absolute Gasteiger partial charge is 0.493 e. The molecule has 1 aromatic carbocycles. The molecule has 0 saturated heterocycles. The molecule has 0 aromatic heterocycles. The zero-order chi connectivity index (χ0) is 15.7. The van der Waals surface area contributed by atoms with Crippen LogP contribution in [0.5, 0.6) is 11.5 Å². The molecule has 0 bridgehead atoms. The predicted octanol–water partition coefficient (Wildman–Crippen LogP) is 2.70. The summed E-state index contributed by atoms with van der Waals surface area (Å²) in [5.41, 5.74) is 0.950. The topological polar surface area (TPSA) is 33.7 Å². The second kappa shape index (κ2) is 9.58. The van der Waals surface area contributed by atoms with Crippen molar-refractivity contribution in [1.82, 2.24) is 10.2 Å². The first-order valence-corrected chi connectivity index (χ1v) is 7.79. The molecule has 118 valence electrons. The van der Waals surface area contributed by atoms with E-state index in [2.05, 4.69) is 24.1 Å². The summed E-state index contributed by atoms with van der Waals surface area (Å²) < 4.78 is 10.5. The number of hydrogen-bond acceptors (Lipinski definition) is 4. The van der Waals surface area contributed by atoms with E-state index < -0.39 is 0 Å². The lowest BCUT2D eigenvalue weighted by molar-refractivity contribution is 0.300. The monoisotopic (exact) mass is 310 g/mol. The van der Waals surface area contributed by atoms with Crippen LogP contribution in [0.1, 0.15) is 25.8 Å². The van der Waals surface area contributed by atoms with E-state index in [0.29, 0.717) is 11.5 Å². The Labute approximate surface area is 133 Å². The molecule has 0 unspecified atom stereocenters. The van der Waals surface area contributed by atoms with Crippen molar-refractivity contribution in [1.29, 1.82) is 0 Å². The van der Waals surface area contributed by atoms with Gasteiger partial charge in [-0.2, -0.15) is 0 Å². The van der Waals surface area contributed by atoms with Crippen molar-refractivity contribution in [3.05, 3.63) is 23.8 Å². The molecule has 5 heteroatoms. The average molecular weight is 310 g/mol. The van der Waals surface area contributed by atoms with Gasteiger partial charge in [0.1, 0.15) is 4.99 Å². The number of methoxy groups -OCH3 is 2. The molecular weight excluding hydrogens is 284 g/mol. The molecular formula is C16H26N2O2S. The lowest BCUT2D eigenvalue weighted by Gasteiger charge is -2.18. The maximum absolute atomic E-state index is 5.42. The summed E-state index contributed by atoms with van der Waals surface area (Å²) in [5, 5.41) is 3.30. The fraction of sp³-hybridized carbons (Fsp3) is 0.562. The fourth-order valence-electron chi connectivity index (χ4n) is 2.12. The van der Waals surface area contributed by atoms with Crippen molar-refractivity contribution >= 4 is 17.2 Å². The Morgan fingerprint density at radius 2 is 1.81 bits per heavy atom. The summed E-state index contributed by atoms with van der Waals surface area (Å²) in [5.74, 6) is 1.41. The lowest BCUT2D eigenvalue weighted by atomic mass is 10.2. The number of hydrogen-bond donors (Lipinski definition) is 1. The van der Waals surface area contributed by atoms with Gasteiger partial charge < -0.3 is 19.7 Å². The van der Waals surface area contributed by atoms with E-state index in [1.165, 1.54) is 0 Å². The molecule has 1 aromatic rings. The Morgan fingerprint density at radius 3 is 2.38 bits per heavy atom. The van der Waals surface area contributed by atoms with E-state index in [4.69, 9.17) is 21.7 Å². The van der Waals surface area contributed by atoms with Gasteiger partial charge >= 0.3 is 0 Å². The van der Waals surface area contributed by atoms with Gasteiger partial charge in [0.2, 0.25) is 0 Å². The second-order valence-electron chi connectivity index (χ2n) is 4.71. The van der Waals surface area contributed by atoms with Crippen molar-refractivity contribution in [2.45, 2.75) is 20.3 Å². The first-order chi connectivity index (χ1) is 10.2. The first kappa shape index (κ1) is 17.7. The Hall–Kier alpha value is -1.33. The summed E-state index contributed by atoms with van der Waals surface area (Å²) in [6, 6.07) is 5.72. The lowest BCUT2D eigenvalue weighted by Crippen LogP contribution is -2.29. The molecule has 0 aliphatic heterocycles. The number of nitrogens with zero attached hydrogens (tertiary/aromatic N) is 1. The van der Waals surface area contributed by atoms with Crippen LogP contribution in [-0.4, -0.2) is 50.3 Å². The Morgan fingerprint density at radius 1 is 1.14 bits per heavy atom. The number of nitrogens with one attached hydrogen (secondary N) is 1. The maximum Gasteiger partial charge on any atom is 0.161 e. The highest BCUT2D eigenvalue weighted by Gasteiger charge is 2.07. The van der Waals surface area contributed by atoms with Crippen molar-refractivity contribution in [2.24, 2.45) is 0 Å². The predicted molar refractivity (Wildman–Crippen MR) is 91.7 cm³/mol. The molecule has 0 fully saturated rings. The van der Waals surface area contributed by atoms with Gasteiger partial charge in [0.15, 0.2) is 11.5 Å². The first-order valence-electron chi connectivity index (χ1n) is 7.38. The SMILES string of the molecule is CCN(CC)CCCNC(=S)c1ccc(OC)c(OC)c1. The van der Waals surface area contributed by atoms with Crippen LogP contribution in [0.15, 0.2) is 18.2 Å². The van der Waals surface area contributed by atoms with E-state index in [0.717, 1.165) is 43.2 Å². The van der Waals surface area contributed by atoms with Gasteiger partial charge in [-0.05, 0) is 44.3 Å². The fourth-order valence-corrected chi connectivity index (χ4v) is 2.35. The summed E-state index contributed by atoms with van der Waals surface area (Å²) in [6.07, 6.45) is 1.08. The molecule has 0 aliphatic carbocycles. The van der Waals surface area contributed by atoms with Gasteiger partial charge in [-0.15, -0.1) is 0 Å². The number of thiocarbonyl (C=S) groups is 1. The Kier molecular flexibility index (Phi) is 8.08. The molecule has 0 heterocycles. The molecule has 1 N–H and O–H groups in total. The molecule has 0 radical (unpaired) electrons. The van der Waals surface area contributed by atoms with Crippen LogP contribution in [0.4, 0.5) is 0 Å². The second-order valence-corrected chi connectivity index (χ2v) is 5.11. The number of benzene rings is 1. The smallest absolute Gasteiger partial charge is 0.161 e. The van der Waals surface area contributed by atoms with Gasteiger partial charge in [0, 0.05) is 12.1 Å². The Balaban J connectivity index is 2.49. The van der Waals surface area contributed by atoms with Crippen molar-refractivity contribution in [3.63, 3.8) is 0 Å². The van der Waals surface area contributed by atoms with Crippen LogP contribution in [0.2, 0.25) is 0 Å². The normalized spacial score (nSPS) is 10.5. The van der Waals surface area contributed by atoms with Gasteiger partial charge in [0.05, 0.1) is 14.2 Å². The van der Waals surface area contributed by atoms with E-state index in [1.54, 1.807) is 14.2 Å². The number of rotatable bonds is 9. The minimum absolute atomic E-state index is 0.697. The molecule has 21 heavy (non-hydrogen) atoms. The van der Waals surface area contributed by atoms with E-state index >= 15 is 0 Å². The maximum atomic E-state index is 5.42. The van der Waals surface area contributed by atoms with Crippen LogP contribution < -0.4 is 14.8 Å². The van der Waals surface area contributed by atoms with Crippen LogP contribution in [-0.2, 0) is 0 Å². The van der Waals surface area contributed by atoms with Gasteiger partial charge in [-0.3, -0.25) is 0 Å². The minimum Gasteiger partial charge on any atom is -0.493 e. The van der Waals surface area contributed by atoms with Crippen molar-refractivity contribution in [2.75, 3.05) is 40.4 Å². The third-order valence-electron chi connectivity index (χ3n) is 3.48. The van der Waals surface area contributed by atoms with E-state index in [-0.39, 0.29) is 0 Å². The highest BCUT2D eigenvalue weighted by Crippen LogP contribution is 2.27. The van der Waals surface area contributed by atoms with Crippen LogP contribution in [0.25, 0.3) is 0 Å². The van der Waals surface area contributed by atoms with Crippen molar-refractivity contribution < 1.29 is 9.47 Å². The summed E-state index contributed by atoms with van der Waals surface area (Å²) >= 11 is 5.42. The third-order valence-corrected chi connectivity index (χ3v) is 3.86.